The Hall–Kier alpha value is -0.227. The third-order valence-electron chi connectivity index (χ3n) is 5.01. The molecular formula is C20H21Cl2Zr. The molecule has 0 aliphatic heterocycles. The molecule has 3 aliphatic carbocycles. The van der Waals surface area contributed by atoms with Gasteiger partial charge in [-0.2, -0.15) is 0 Å². The summed E-state index contributed by atoms with van der Waals surface area (Å²) in [6, 6.07) is 9.09. The third-order valence-corrected chi connectivity index (χ3v) is 9.94. The summed E-state index contributed by atoms with van der Waals surface area (Å²) in [7, 11) is 0. The van der Waals surface area contributed by atoms with E-state index in [2.05, 4.69) is 54.6 Å². The maximum atomic E-state index is 2.56. The van der Waals surface area contributed by atoms with Crippen LogP contribution in [0.3, 0.4) is 0 Å². The van der Waals surface area contributed by atoms with Crippen molar-refractivity contribution < 1.29 is 47.6 Å². The number of fused-ring (bicyclic) bond motifs is 1. The van der Waals surface area contributed by atoms with Gasteiger partial charge in [0, 0.05) is 0 Å². The molecule has 1 saturated carbocycles. The van der Waals surface area contributed by atoms with Gasteiger partial charge < -0.3 is 24.8 Å². The van der Waals surface area contributed by atoms with E-state index in [1.165, 1.54) is 37.7 Å². The average molecular weight is 424 g/mol. The van der Waals surface area contributed by atoms with Gasteiger partial charge in [-0.1, -0.05) is 0 Å². The second kappa shape index (κ2) is 8.24. The first-order valence-corrected chi connectivity index (χ1v) is 10.6. The molecular weight excluding hydrogens is 402 g/mol. The van der Waals surface area contributed by atoms with Gasteiger partial charge in [-0.3, -0.25) is 0 Å². The molecule has 1 aromatic carbocycles. The molecule has 1 atom stereocenters. The van der Waals surface area contributed by atoms with Crippen molar-refractivity contribution in [3.63, 3.8) is 0 Å². The molecule has 0 radical (unpaired) electrons. The van der Waals surface area contributed by atoms with Crippen molar-refractivity contribution in [1.29, 1.82) is 0 Å². The summed E-state index contributed by atoms with van der Waals surface area (Å²) in [4.78, 5) is 0. The second-order valence-electron chi connectivity index (χ2n) is 6.34. The van der Waals surface area contributed by atoms with E-state index in [1.54, 1.807) is 11.1 Å². The zero-order chi connectivity index (χ0) is 14.1. The van der Waals surface area contributed by atoms with Crippen LogP contribution in [0.4, 0.5) is 0 Å². The Morgan fingerprint density at radius 1 is 0.957 bits per heavy atom. The Morgan fingerprint density at radius 3 is 2.48 bits per heavy atom. The number of benzene rings is 1. The van der Waals surface area contributed by atoms with Gasteiger partial charge in [0.05, 0.1) is 0 Å². The fraction of sp³-hybridized carbons (Fsp3) is 0.350. The fourth-order valence-corrected chi connectivity index (χ4v) is 8.90. The normalized spacial score (nSPS) is 24.3. The summed E-state index contributed by atoms with van der Waals surface area (Å²) in [5.41, 5.74) is 4.72. The van der Waals surface area contributed by atoms with Crippen LogP contribution in [0, 0.1) is 0 Å². The average Bonchev–Trinajstić information content (AvgIpc) is 3.18. The zero-order valence-electron chi connectivity index (χ0n) is 13.2. The Bertz CT molecular complexity index is 677. The van der Waals surface area contributed by atoms with Crippen molar-refractivity contribution in [2.75, 3.05) is 0 Å². The van der Waals surface area contributed by atoms with Crippen LogP contribution in [0.2, 0.25) is 0 Å². The van der Waals surface area contributed by atoms with Gasteiger partial charge in [0.15, 0.2) is 0 Å². The Labute approximate surface area is 163 Å². The number of halogens is 2. The van der Waals surface area contributed by atoms with E-state index < -0.39 is 22.8 Å². The Morgan fingerprint density at radius 2 is 1.74 bits per heavy atom. The Balaban J connectivity index is 0.000000960. The van der Waals surface area contributed by atoms with E-state index in [4.69, 9.17) is 0 Å². The van der Waals surface area contributed by atoms with Crippen LogP contribution >= 0.6 is 0 Å². The molecule has 4 rings (SSSR count). The smallest absolute Gasteiger partial charge is 1.00 e. The van der Waals surface area contributed by atoms with Gasteiger partial charge >= 0.3 is 139 Å². The van der Waals surface area contributed by atoms with Crippen LogP contribution in [-0.2, 0) is 25.9 Å². The van der Waals surface area contributed by atoms with Gasteiger partial charge in [-0.25, -0.2) is 0 Å². The van der Waals surface area contributed by atoms with Crippen molar-refractivity contribution in [2.24, 2.45) is 0 Å². The molecule has 119 valence electrons. The summed E-state index contributed by atoms with van der Waals surface area (Å²) < 4.78 is 2.27. The van der Waals surface area contributed by atoms with Crippen molar-refractivity contribution >= 4 is 9.28 Å². The SMILES string of the molecule is C1=CCC([C]2([Zr+2]=[C]3CCCCC3)C=Cc3ccccc32)=C1.[Cl-].[Cl-]. The van der Waals surface area contributed by atoms with Crippen LogP contribution in [-0.4, -0.2) is 3.21 Å². The molecule has 23 heavy (non-hydrogen) atoms. The predicted octanol–water partition coefficient (Wildman–Crippen LogP) is -0.978. The molecule has 0 spiro atoms. The molecule has 0 amide bonds. The fourth-order valence-electron chi connectivity index (χ4n) is 3.90. The van der Waals surface area contributed by atoms with Crippen molar-refractivity contribution in [2.45, 2.75) is 41.6 Å². The summed E-state index contributed by atoms with van der Waals surface area (Å²) in [5.74, 6) is 0. The van der Waals surface area contributed by atoms with E-state index in [1.807, 2.05) is 3.21 Å². The summed E-state index contributed by atoms with van der Waals surface area (Å²) in [6.45, 7) is 0. The summed E-state index contributed by atoms with van der Waals surface area (Å²) in [5, 5.41) is 0. The minimum atomic E-state index is -0.620. The Kier molecular flexibility index (Phi) is 6.84. The van der Waals surface area contributed by atoms with Crippen molar-refractivity contribution in [3.8, 4) is 0 Å². The van der Waals surface area contributed by atoms with Gasteiger partial charge in [0.1, 0.15) is 0 Å². The first kappa shape index (κ1) is 19.1. The maximum absolute atomic E-state index is 2.56. The first-order valence-electron chi connectivity index (χ1n) is 8.16. The molecule has 0 saturated heterocycles. The topological polar surface area (TPSA) is 0 Å². The predicted molar refractivity (Wildman–Crippen MR) is 87.1 cm³/mol. The first-order chi connectivity index (χ1) is 10.4. The maximum Gasteiger partial charge on any atom is -1.00 e. The second-order valence-corrected chi connectivity index (χ2v) is 10.6. The van der Waals surface area contributed by atoms with Crippen LogP contribution in [0.15, 0.2) is 54.1 Å². The van der Waals surface area contributed by atoms with Gasteiger partial charge in [-0.05, 0) is 0 Å². The molecule has 0 N–H and O–H groups in total. The standard InChI is InChI=1S/C14H11.C6H10.2ClH.Zr/c1-2-6-11(5-1)14-10-9-12-7-3-4-8-13(12)14;1-2-4-6-5-3-1;;;/h1-5,7-10H,6H2;1-5H2;2*1H;/q;;;;+2/p-2. The van der Waals surface area contributed by atoms with Gasteiger partial charge in [-0.15, -0.1) is 0 Å². The minimum absolute atomic E-state index is 0. The molecule has 0 bridgehead atoms. The third kappa shape index (κ3) is 3.58. The van der Waals surface area contributed by atoms with E-state index in [-0.39, 0.29) is 24.8 Å². The van der Waals surface area contributed by atoms with Crippen molar-refractivity contribution in [3.05, 3.63) is 65.3 Å². The number of hydrogen-bond acceptors (Lipinski definition) is 0. The minimum Gasteiger partial charge on any atom is -1.00 e. The van der Waals surface area contributed by atoms with E-state index in [0.717, 1.165) is 6.42 Å². The van der Waals surface area contributed by atoms with Crippen molar-refractivity contribution in [1.82, 2.24) is 0 Å². The molecule has 1 aromatic rings. The largest absolute Gasteiger partial charge is 1.00 e. The van der Waals surface area contributed by atoms with E-state index in [9.17, 15) is 0 Å². The molecule has 1 fully saturated rings. The van der Waals surface area contributed by atoms with Crippen LogP contribution < -0.4 is 24.8 Å². The summed E-state index contributed by atoms with van der Waals surface area (Å²) >= 11 is -0.620. The van der Waals surface area contributed by atoms with E-state index in [0.29, 0.717) is 3.12 Å². The molecule has 0 heterocycles. The quantitative estimate of drug-likeness (QED) is 0.574. The number of rotatable bonds is 2. The number of hydrogen-bond donors (Lipinski definition) is 0. The van der Waals surface area contributed by atoms with Gasteiger partial charge in [0.2, 0.25) is 0 Å². The zero-order valence-corrected chi connectivity index (χ0v) is 17.2. The molecule has 3 aliphatic rings. The van der Waals surface area contributed by atoms with Crippen LogP contribution in [0.5, 0.6) is 0 Å². The molecule has 0 nitrogen and oxygen atoms in total. The van der Waals surface area contributed by atoms with Crippen LogP contribution in [0.25, 0.3) is 6.08 Å². The molecule has 1 unspecified atom stereocenters. The monoisotopic (exact) mass is 421 g/mol. The summed E-state index contributed by atoms with van der Waals surface area (Å²) in [6.07, 6.45) is 20.3. The van der Waals surface area contributed by atoms with Crippen LogP contribution in [0.1, 0.15) is 49.7 Å². The molecule has 0 aromatic heterocycles. The molecule has 3 heteroatoms. The number of allylic oxidation sites excluding steroid dienone is 5. The van der Waals surface area contributed by atoms with Gasteiger partial charge in [0.25, 0.3) is 0 Å². The van der Waals surface area contributed by atoms with E-state index >= 15 is 0 Å².